The molecule has 2 atom stereocenters. The van der Waals surface area contributed by atoms with E-state index in [0.29, 0.717) is 4.90 Å². The average Bonchev–Trinajstić information content (AvgIpc) is 2.47. The number of ketones is 1. The van der Waals surface area contributed by atoms with Crippen LogP contribution in [-0.4, -0.2) is 14.7 Å². The van der Waals surface area contributed by atoms with Gasteiger partial charge in [0.2, 0.25) is 0 Å². The van der Waals surface area contributed by atoms with Gasteiger partial charge in [-0.3, -0.25) is 9.00 Å². The number of hydrogen-bond acceptors (Lipinski definition) is 2. The number of rotatable bonds is 4. The van der Waals surface area contributed by atoms with Crippen LogP contribution in [0.2, 0.25) is 0 Å². The predicted octanol–water partition coefficient (Wildman–Crippen LogP) is 3.51. The van der Waals surface area contributed by atoms with Gasteiger partial charge in [0.1, 0.15) is 0 Å². The molecule has 1 saturated carbocycles. The maximum atomic E-state index is 12.2. The Morgan fingerprint density at radius 3 is 2.39 bits per heavy atom. The molecule has 4 heteroatoms. The average molecular weight is 285 g/mol. The van der Waals surface area contributed by atoms with Crippen LogP contribution in [-0.2, 0) is 15.6 Å². The van der Waals surface area contributed by atoms with E-state index in [-0.39, 0.29) is 11.7 Å². The molecular formula is C14H17ClO2S. The molecule has 0 aliphatic heterocycles. The highest BCUT2D eigenvalue weighted by molar-refractivity contribution is 7.88. The van der Waals surface area contributed by atoms with Gasteiger partial charge in [0.05, 0.1) is 10.8 Å². The van der Waals surface area contributed by atoms with Gasteiger partial charge in [-0.15, -0.1) is 0 Å². The van der Waals surface area contributed by atoms with Crippen molar-refractivity contribution in [3.63, 3.8) is 0 Å². The maximum absolute atomic E-state index is 12.2. The molecule has 18 heavy (non-hydrogen) atoms. The first kappa shape index (κ1) is 13.8. The van der Waals surface area contributed by atoms with E-state index in [4.69, 9.17) is 11.6 Å². The van der Waals surface area contributed by atoms with E-state index in [1.54, 1.807) is 12.1 Å². The Balaban J connectivity index is 2.04. The van der Waals surface area contributed by atoms with Crippen LogP contribution >= 0.6 is 11.6 Å². The smallest absolute Gasteiger partial charge is 0.171 e. The number of carbonyl (C=O) groups is 1. The Labute approximate surface area is 115 Å². The van der Waals surface area contributed by atoms with Gasteiger partial charge in [-0.05, 0) is 25.0 Å². The van der Waals surface area contributed by atoms with E-state index in [1.165, 1.54) is 6.42 Å². The van der Waals surface area contributed by atoms with Crippen LogP contribution in [0.5, 0.6) is 0 Å². The van der Waals surface area contributed by atoms with Gasteiger partial charge in [-0.2, -0.15) is 0 Å². The van der Waals surface area contributed by atoms with E-state index in [2.05, 4.69) is 0 Å². The van der Waals surface area contributed by atoms with Gasteiger partial charge in [-0.25, -0.2) is 0 Å². The molecule has 1 aliphatic rings. The molecule has 0 amide bonds. The minimum Gasteiger partial charge on any atom is -0.297 e. The molecule has 2 unspecified atom stereocenters. The second-order valence-electron chi connectivity index (χ2n) is 4.66. The molecule has 1 aromatic carbocycles. The monoisotopic (exact) mass is 284 g/mol. The van der Waals surface area contributed by atoms with E-state index in [0.717, 1.165) is 25.7 Å². The summed E-state index contributed by atoms with van der Waals surface area (Å²) in [5.41, 5.74) is 0. The molecule has 2 nitrogen and oxygen atoms in total. The number of hydrogen-bond donors (Lipinski definition) is 0. The highest BCUT2D eigenvalue weighted by atomic mass is 35.5. The van der Waals surface area contributed by atoms with Crippen LogP contribution in [0.4, 0.5) is 0 Å². The van der Waals surface area contributed by atoms with Crippen molar-refractivity contribution in [2.45, 2.75) is 41.7 Å². The molecule has 1 aliphatic carbocycles. The highest BCUT2D eigenvalue weighted by Gasteiger charge is 2.31. The van der Waals surface area contributed by atoms with Gasteiger partial charge in [0, 0.05) is 10.8 Å². The number of carbonyl (C=O) groups excluding carboxylic acids is 1. The molecule has 98 valence electrons. The van der Waals surface area contributed by atoms with Crippen molar-refractivity contribution in [3.8, 4) is 0 Å². The predicted molar refractivity (Wildman–Crippen MR) is 74.1 cm³/mol. The topological polar surface area (TPSA) is 34.1 Å². The second-order valence-corrected chi connectivity index (χ2v) is 6.90. The van der Waals surface area contributed by atoms with Crippen LogP contribution in [0.25, 0.3) is 0 Å². The minimum absolute atomic E-state index is 0.00825. The number of Topliss-reactive ketones (excluding diaryl/α,β-unsaturated/α-hetero) is 1. The third kappa shape index (κ3) is 3.21. The fraction of sp³-hybridized carbons (Fsp3) is 0.500. The van der Waals surface area contributed by atoms with Crippen molar-refractivity contribution in [2.24, 2.45) is 5.92 Å². The van der Waals surface area contributed by atoms with E-state index in [9.17, 15) is 9.00 Å². The lowest BCUT2D eigenvalue weighted by atomic mass is 9.87. The Morgan fingerprint density at radius 2 is 1.78 bits per heavy atom. The molecule has 0 spiro atoms. The lowest BCUT2D eigenvalue weighted by Gasteiger charge is -2.22. The van der Waals surface area contributed by atoms with E-state index in [1.807, 2.05) is 18.2 Å². The zero-order chi connectivity index (χ0) is 13.0. The van der Waals surface area contributed by atoms with Gasteiger partial charge in [0.25, 0.3) is 0 Å². The Hall–Kier alpha value is -0.670. The summed E-state index contributed by atoms with van der Waals surface area (Å²) in [4.78, 5) is 12.8. The Morgan fingerprint density at radius 1 is 1.17 bits per heavy atom. The quantitative estimate of drug-likeness (QED) is 0.793. The van der Waals surface area contributed by atoms with Crippen LogP contribution < -0.4 is 0 Å². The molecule has 0 saturated heterocycles. The molecule has 0 aromatic heterocycles. The number of benzene rings is 1. The normalized spacial score (nSPS) is 20.3. The first-order valence-electron chi connectivity index (χ1n) is 6.33. The van der Waals surface area contributed by atoms with Crippen molar-refractivity contribution < 1.29 is 9.00 Å². The summed E-state index contributed by atoms with van der Waals surface area (Å²) in [6.07, 6.45) is 5.15. The number of halogens is 1. The summed E-state index contributed by atoms with van der Waals surface area (Å²) < 4.78 is 11.3. The summed E-state index contributed by atoms with van der Waals surface area (Å²) in [6.45, 7) is 0. The van der Waals surface area contributed by atoms with Crippen molar-refractivity contribution in [1.29, 1.82) is 0 Å². The fourth-order valence-corrected chi connectivity index (χ4v) is 3.91. The lowest BCUT2D eigenvalue weighted by Crippen LogP contribution is -2.29. The standard InChI is InChI=1S/C14H17ClO2S/c15-14(13(16)11-7-3-1-4-8-11)18(17)12-9-5-2-6-10-12/h2,5-6,9-11,14H,1,3-4,7-8H2. The summed E-state index contributed by atoms with van der Waals surface area (Å²) >= 11 is 6.10. The number of alkyl halides is 1. The summed E-state index contributed by atoms with van der Waals surface area (Å²) in [7, 11) is -1.44. The first-order chi connectivity index (χ1) is 8.70. The van der Waals surface area contributed by atoms with Gasteiger partial charge in [-0.1, -0.05) is 49.1 Å². The molecule has 0 radical (unpaired) electrons. The van der Waals surface area contributed by atoms with E-state index >= 15 is 0 Å². The van der Waals surface area contributed by atoms with Crippen molar-refractivity contribution >= 4 is 28.2 Å². The fourth-order valence-electron chi connectivity index (χ4n) is 2.35. The van der Waals surface area contributed by atoms with Crippen molar-refractivity contribution in [1.82, 2.24) is 0 Å². The minimum atomic E-state index is -1.44. The van der Waals surface area contributed by atoms with Gasteiger partial charge in [0.15, 0.2) is 10.5 Å². The molecule has 1 fully saturated rings. The zero-order valence-corrected chi connectivity index (χ0v) is 11.8. The summed E-state index contributed by atoms with van der Waals surface area (Å²) in [5, 5.41) is 0. The third-order valence-electron chi connectivity index (χ3n) is 3.39. The van der Waals surface area contributed by atoms with Crippen molar-refractivity contribution in [3.05, 3.63) is 30.3 Å². The third-order valence-corrected chi connectivity index (χ3v) is 5.44. The molecular weight excluding hydrogens is 268 g/mol. The first-order valence-corrected chi connectivity index (χ1v) is 7.98. The van der Waals surface area contributed by atoms with E-state index < -0.39 is 15.5 Å². The zero-order valence-electron chi connectivity index (χ0n) is 10.2. The Bertz CT molecular complexity index is 427. The molecule has 0 N–H and O–H groups in total. The largest absolute Gasteiger partial charge is 0.297 e. The lowest BCUT2D eigenvalue weighted by molar-refractivity contribution is -0.122. The van der Waals surface area contributed by atoms with Crippen LogP contribution in [0.3, 0.4) is 0 Å². The second kappa shape index (κ2) is 6.48. The highest BCUT2D eigenvalue weighted by Crippen LogP contribution is 2.28. The SMILES string of the molecule is O=C(C1CCCCC1)C(Cl)S(=O)c1ccccc1. The van der Waals surface area contributed by atoms with Gasteiger partial charge < -0.3 is 0 Å². The molecule has 0 bridgehead atoms. The van der Waals surface area contributed by atoms with Gasteiger partial charge >= 0.3 is 0 Å². The van der Waals surface area contributed by atoms with Crippen LogP contribution in [0, 0.1) is 5.92 Å². The maximum Gasteiger partial charge on any atom is 0.171 e. The molecule has 0 heterocycles. The Kier molecular flexibility index (Phi) is 4.95. The van der Waals surface area contributed by atoms with Crippen LogP contribution in [0.15, 0.2) is 35.2 Å². The molecule has 2 rings (SSSR count). The molecule has 1 aromatic rings. The van der Waals surface area contributed by atoms with Crippen molar-refractivity contribution in [2.75, 3.05) is 0 Å². The van der Waals surface area contributed by atoms with Crippen LogP contribution in [0.1, 0.15) is 32.1 Å². The summed E-state index contributed by atoms with van der Waals surface area (Å²) in [6, 6.07) is 8.97. The summed E-state index contributed by atoms with van der Waals surface area (Å²) in [5.74, 6) is -0.0348.